The van der Waals surface area contributed by atoms with Crippen molar-refractivity contribution in [1.29, 1.82) is 0 Å². The molecule has 1 N–H and O–H groups in total. The minimum absolute atomic E-state index is 0.833. The van der Waals surface area contributed by atoms with Crippen LogP contribution in [0, 0.1) is 0 Å². The fourth-order valence-electron chi connectivity index (χ4n) is 1.13. The maximum atomic E-state index is 5.39. The summed E-state index contributed by atoms with van der Waals surface area (Å²) in [5.41, 5.74) is 0. The minimum Gasteiger partial charge on any atom is -0.381 e. The highest BCUT2D eigenvalue weighted by atomic mass is 16.5. The van der Waals surface area contributed by atoms with Gasteiger partial charge in [-0.05, 0) is 32.9 Å². The van der Waals surface area contributed by atoms with Crippen molar-refractivity contribution in [2.75, 3.05) is 26.8 Å². The zero-order valence-electron chi connectivity index (χ0n) is 8.85. The predicted molar refractivity (Wildman–Crippen MR) is 58.0 cm³/mol. The molecule has 0 aromatic rings. The molecule has 0 heterocycles. The van der Waals surface area contributed by atoms with Crippen LogP contribution in [-0.2, 0) is 4.74 Å². The quantitative estimate of drug-likeness (QED) is 0.417. The summed E-state index contributed by atoms with van der Waals surface area (Å²) < 4.78 is 5.39. The highest BCUT2D eigenvalue weighted by molar-refractivity contribution is 4.64. The molecule has 2 nitrogen and oxygen atoms in total. The van der Waals surface area contributed by atoms with E-state index in [1.165, 1.54) is 25.7 Å². The largest absolute Gasteiger partial charge is 0.381 e. The van der Waals surface area contributed by atoms with E-state index >= 15 is 0 Å². The summed E-state index contributed by atoms with van der Waals surface area (Å²) in [7, 11) is 2.00. The Labute approximate surface area is 82.4 Å². The monoisotopic (exact) mass is 185 g/mol. The third-order valence-corrected chi connectivity index (χ3v) is 1.93. The number of ether oxygens (including phenoxy) is 1. The maximum Gasteiger partial charge on any atom is 0.0500 e. The first kappa shape index (κ1) is 12.7. The van der Waals surface area contributed by atoms with Crippen LogP contribution in [0.2, 0.25) is 0 Å². The number of nitrogens with one attached hydrogen (secondary N) is 1. The van der Waals surface area contributed by atoms with Crippen LogP contribution in [0.5, 0.6) is 0 Å². The van der Waals surface area contributed by atoms with E-state index in [0.29, 0.717) is 0 Å². The van der Waals surface area contributed by atoms with Crippen molar-refractivity contribution < 1.29 is 4.74 Å². The Morgan fingerprint density at radius 2 is 1.92 bits per heavy atom. The van der Waals surface area contributed by atoms with E-state index in [1.54, 1.807) is 0 Å². The van der Waals surface area contributed by atoms with Crippen molar-refractivity contribution in [3.63, 3.8) is 0 Å². The molecule has 78 valence electrons. The summed E-state index contributed by atoms with van der Waals surface area (Å²) in [4.78, 5) is 0. The standard InChI is InChI=1S/C11H23NO/c1-3-4-10-13-11-8-6-5-7-9-12-2/h3,12H,1,4-11H2,2H3. The van der Waals surface area contributed by atoms with E-state index in [0.717, 1.165) is 26.2 Å². The average Bonchev–Trinajstić information content (AvgIpc) is 2.16. The molecule has 0 spiro atoms. The summed E-state index contributed by atoms with van der Waals surface area (Å²) in [6, 6.07) is 0. The molecule has 0 aliphatic rings. The fraction of sp³-hybridized carbons (Fsp3) is 0.818. The van der Waals surface area contributed by atoms with Crippen LogP contribution < -0.4 is 5.32 Å². The summed E-state index contributed by atoms with van der Waals surface area (Å²) in [5.74, 6) is 0. The van der Waals surface area contributed by atoms with Gasteiger partial charge in [-0.2, -0.15) is 0 Å². The van der Waals surface area contributed by atoms with Crippen LogP contribution in [0.3, 0.4) is 0 Å². The molecule has 0 atom stereocenters. The molecular formula is C11H23NO. The second kappa shape index (κ2) is 11.7. The van der Waals surface area contributed by atoms with E-state index in [2.05, 4.69) is 11.9 Å². The second-order valence-corrected chi connectivity index (χ2v) is 3.21. The SMILES string of the molecule is C=CCCOCCCCCCNC. The van der Waals surface area contributed by atoms with Gasteiger partial charge in [-0.25, -0.2) is 0 Å². The zero-order valence-corrected chi connectivity index (χ0v) is 8.85. The van der Waals surface area contributed by atoms with Crippen molar-refractivity contribution >= 4 is 0 Å². The van der Waals surface area contributed by atoms with Crippen molar-refractivity contribution in [2.45, 2.75) is 32.1 Å². The van der Waals surface area contributed by atoms with E-state index < -0.39 is 0 Å². The Hall–Kier alpha value is -0.340. The second-order valence-electron chi connectivity index (χ2n) is 3.21. The lowest BCUT2D eigenvalue weighted by Gasteiger charge is -2.02. The van der Waals surface area contributed by atoms with Crippen molar-refractivity contribution in [2.24, 2.45) is 0 Å². The number of unbranched alkanes of at least 4 members (excludes halogenated alkanes) is 3. The third-order valence-electron chi connectivity index (χ3n) is 1.93. The normalized spacial score (nSPS) is 10.2. The van der Waals surface area contributed by atoms with Gasteiger partial charge in [0, 0.05) is 13.2 Å². The van der Waals surface area contributed by atoms with Gasteiger partial charge in [-0.1, -0.05) is 18.9 Å². The van der Waals surface area contributed by atoms with Crippen molar-refractivity contribution in [3.8, 4) is 0 Å². The van der Waals surface area contributed by atoms with Gasteiger partial charge in [0.25, 0.3) is 0 Å². The van der Waals surface area contributed by atoms with Gasteiger partial charge in [0.15, 0.2) is 0 Å². The van der Waals surface area contributed by atoms with Gasteiger partial charge in [0.05, 0.1) is 0 Å². The van der Waals surface area contributed by atoms with Gasteiger partial charge < -0.3 is 10.1 Å². The molecule has 2 heteroatoms. The minimum atomic E-state index is 0.833. The molecule has 0 radical (unpaired) electrons. The van der Waals surface area contributed by atoms with Crippen LogP contribution in [0.1, 0.15) is 32.1 Å². The topological polar surface area (TPSA) is 21.3 Å². The highest BCUT2D eigenvalue weighted by Crippen LogP contribution is 1.99. The Morgan fingerprint density at radius 3 is 2.62 bits per heavy atom. The summed E-state index contributed by atoms with van der Waals surface area (Å²) in [6.45, 7) is 6.52. The smallest absolute Gasteiger partial charge is 0.0500 e. The molecule has 0 unspecified atom stereocenters. The zero-order chi connectivity index (χ0) is 9.78. The molecule has 0 saturated carbocycles. The Morgan fingerprint density at radius 1 is 1.15 bits per heavy atom. The van der Waals surface area contributed by atoms with Crippen LogP contribution in [0.15, 0.2) is 12.7 Å². The van der Waals surface area contributed by atoms with E-state index in [4.69, 9.17) is 4.74 Å². The lowest BCUT2D eigenvalue weighted by molar-refractivity contribution is 0.134. The molecule has 0 aliphatic carbocycles. The molecule has 0 bridgehead atoms. The first-order chi connectivity index (χ1) is 6.41. The molecule has 0 aromatic carbocycles. The molecule has 0 aromatic heterocycles. The molecule has 0 fully saturated rings. The van der Waals surface area contributed by atoms with Gasteiger partial charge in [-0.3, -0.25) is 0 Å². The molecule has 0 aliphatic heterocycles. The maximum absolute atomic E-state index is 5.39. The third kappa shape index (κ3) is 11.7. The van der Waals surface area contributed by atoms with Crippen LogP contribution >= 0.6 is 0 Å². The van der Waals surface area contributed by atoms with E-state index in [9.17, 15) is 0 Å². The first-order valence-corrected chi connectivity index (χ1v) is 5.25. The first-order valence-electron chi connectivity index (χ1n) is 5.25. The summed E-state index contributed by atoms with van der Waals surface area (Å²) in [6.07, 6.45) is 7.94. The molecule has 0 saturated heterocycles. The lowest BCUT2D eigenvalue weighted by atomic mass is 10.2. The van der Waals surface area contributed by atoms with Gasteiger partial charge >= 0.3 is 0 Å². The van der Waals surface area contributed by atoms with Crippen LogP contribution in [0.4, 0.5) is 0 Å². The molecule has 0 rings (SSSR count). The Bertz CT molecular complexity index is 104. The van der Waals surface area contributed by atoms with Crippen LogP contribution in [0.25, 0.3) is 0 Å². The predicted octanol–water partition coefficient (Wildman–Crippen LogP) is 2.36. The van der Waals surface area contributed by atoms with Gasteiger partial charge in [0.2, 0.25) is 0 Å². The molecule has 13 heavy (non-hydrogen) atoms. The molecule has 0 amide bonds. The number of hydrogen-bond acceptors (Lipinski definition) is 2. The van der Waals surface area contributed by atoms with E-state index in [-0.39, 0.29) is 0 Å². The summed E-state index contributed by atoms with van der Waals surface area (Å²) >= 11 is 0. The van der Waals surface area contributed by atoms with Crippen molar-refractivity contribution in [1.82, 2.24) is 5.32 Å². The van der Waals surface area contributed by atoms with Gasteiger partial charge in [-0.15, -0.1) is 6.58 Å². The Balaban J connectivity index is 2.79. The summed E-state index contributed by atoms with van der Waals surface area (Å²) in [5, 5.41) is 3.14. The fourth-order valence-corrected chi connectivity index (χ4v) is 1.13. The van der Waals surface area contributed by atoms with Gasteiger partial charge in [0.1, 0.15) is 0 Å². The van der Waals surface area contributed by atoms with E-state index in [1.807, 2.05) is 13.1 Å². The number of rotatable bonds is 10. The van der Waals surface area contributed by atoms with Crippen molar-refractivity contribution in [3.05, 3.63) is 12.7 Å². The average molecular weight is 185 g/mol. The lowest BCUT2D eigenvalue weighted by Crippen LogP contribution is -2.07. The molecular weight excluding hydrogens is 162 g/mol. The Kier molecular flexibility index (Phi) is 11.4. The number of hydrogen-bond donors (Lipinski definition) is 1. The highest BCUT2D eigenvalue weighted by Gasteiger charge is 1.89. The van der Waals surface area contributed by atoms with Crippen LogP contribution in [-0.4, -0.2) is 26.8 Å².